The first-order chi connectivity index (χ1) is 14.7. The summed E-state index contributed by atoms with van der Waals surface area (Å²) in [6, 6.07) is 11.1. The van der Waals surface area contributed by atoms with Crippen LogP contribution in [0.2, 0.25) is 0 Å². The Morgan fingerprint density at radius 2 is 1.81 bits per heavy atom. The molecule has 4 rings (SSSR count). The Morgan fingerprint density at radius 3 is 2.45 bits per heavy atom. The summed E-state index contributed by atoms with van der Waals surface area (Å²) >= 11 is 1.28. The number of thiazole rings is 1. The Kier molecular flexibility index (Phi) is 5.28. The Bertz CT molecular complexity index is 1360. The highest BCUT2D eigenvalue weighted by Gasteiger charge is 2.20. The summed E-state index contributed by atoms with van der Waals surface area (Å²) in [6.45, 7) is 1.61. The van der Waals surface area contributed by atoms with Crippen molar-refractivity contribution in [3.05, 3.63) is 81.6 Å². The van der Waals surface area contributed by atoms with Crippen molar-refractivity contribution >= 4 is 38.4 Å². The van der Waals surface area contributed by atoms with E-state index >= 15 is 0 Å². The van der Waals surface area contributed by atoms with Crippen molar-refractivity contribution in [1.82, 2.24) is 9.55 Å². The molecule has 6 nitrogen and oxygen atoms in total. The van der Waals surface area contributed by atoms with Crippen LogP contribution in [0.3, 0.4) is 0 Å². The molecule has 158 valence electrons. The Balaban J connectivity index is 1.88. The van der Waals surface area contributed by atoms with Gasteiger partial charge in [0.15, 0.2) is 5.13 Å². The number of anilines is 2. The molecule has 0 unspecified atom stereocenters. The van der Waals surface area contributed by atoms with E-state index in [0.29, 0.717) is 26.7 Å². The molecule has 0 aliphatic heterocycles. The number of aryl methyl sites for hydroxylation is 1. The predicted octanol–water partition coefficient (Wildman–Crippen LogP) is 4.35. The third-order valence-corrected chi connectivity index (χ3v) is 5.91. The minimum Gasteiger partial charge on any atom is -0.354 e. The van der Waals surface area contributed by atoms with Gasteiger partial charge in [0.1, 0.15) is 27.5 Å². The molecule has 0 aliphatic rings. The van der Waals surface area contributed by atoms with Crippen LogP contribution in [0.5, 0.6) is 0 Å². The van der Waals surface area contributed by atoms with Crippen molar-refractivity contribution in [1.29, 1.82) is 0 Å². The normalized spacial score (nSPS) is 11.0. The van der Waals surface area contributed by atoms with E-state index in [2.05, 4.69) is 10.3 Å². The highest BCUT2D eigenvalue weighted by molar-refractivity contribution is 7.21. The lowest BCUT2D eigenvalue weighted by molar-refractivity contribution is 0.102. The minimum atomic E-state index is -0.689. The predicted molar refractivity (Wildman–Crippen MR) is 119 cm³/mol. The zero-order valence-electron chi connectivity index (χ0n) is 16.9. The average Bonchev–Trinajstić information content (AvgIpc) is 3.15. The number of carbonyl (C=O) groups is 1. The molecule has 2 aromatic heterocycles. The van der Waals surface area contributed by atoms with Crippen LogP contribution in [0, 0.1) is 18.6 Å². The largest absolute Gasteiger partial charge is 0.354 e. The first kappa shape index (κ1) is 20.7. The molecule has 0 spiro atoms. The monoisotopic (exact) mass is 440 g/mol. The van der Waals surface area contributed by atoms with Crippen molar-refractivity contribution in [3.8, 4) is 5.69 Å². The maximum atomic E-state index is 13.9. The van der Waals surface area contributed by atoms with Gasteiger partial charge >= 0.3 is 0 Å². The number of pyridine rings is 1. The van der Waals surface area contributed by atoms with Gasteiger partial charge in [-0.1, -0.05) is 17.4 Å². The number of rotatable bonds is 4. The van der Waals surface area contributed by atoms with E-state index in [1.54, 1.807) is 17.9 Å². The summed E-state index contributed by atoms with van der Waals surface area (Å²) in [4.78, 5) is 33.0. The second kappa shape index (κ2) is 7.92. The van der Waals surface area contributed by atoms with Gasteiger partial charge in [0, 0.05) is 19.8 Å². The second-order valence-corrected chi connectivity index (χ2v) is 8.13. The van der Waals surface area contributed by atoms with Crippen LogP contribution in [0.15, 0.2) is 53.3 Å². The van der Waals surface area contributed by atoms with Crippen molar-refractivity contribution < 1.29 is 13.6 Å². The van der Waals surface area contributed by atoms with Crippen LogP contribution < -0.4 is 15.8 Å². The van der Waals surface area contributed by atoms with Gasteiger partial charge in [-0.3, -0.25) is 14.2 Å². The molecule has 0 aliphatic carbocycles. The summed E-state index contributed by atoms with van der Waals surface area (Å²) in [7, 11) is 3.63. The maximum Gasteiger partial charge on any atom is 0.269 e. The molecule has 9 heteroatoms. The fraction of sp³-hybridized carbons (Fsp3) is 0.136. The molecule has 2 heterocycles. The van der Waals surface area contributed by atoms with E-state index < -0.39 is 23.1 Å². The molecular formula is C22H18F2N4O2S. The minimum absolute atomic E-state index is 0.159. The number of aromatic nitrogens is 2. The molecule has 4 aromatic rings. The molecule has 1 N–H and O–H groups in total. The first-order valence-electron chi connectivity index (χ1n) is 9.32. The van der Waals surface area contributed by atoms with Gasteiger partial charge in [-0.25, -0.2) is 13.8 Å². The van der Waals surface area contributed by atoms with Crippen molar-refractivity contribution in [2.45, 2.75) is 6.92 Å². The van der Waals surface area contributed by atoms with Crippen molar-refractivity contribution in [2.24, 2.45) is 0 Å². The number of nitrogens with one attached hydrogen (secondary N) is 1. The summed E-state index contributed by atoms with van der Waals surface area (Å²) < 4.78 is 28.6. The summed E-state index contributed by atoms with van der Waals surface area (Å²) in [6.07, 6.45) is 0. The fourth-order valence-corrected chi connectivity index (χ4v) is 4.01. The highest BCUT2D eigenvalue weighted by Crippen LogP contribution is 2.29. The van der Waals surface area contributed by atoms with Crippen LogP contribution in [0.4, 0.5) is 19.6 Å². The van der Waals surface area contributed by atoms with Gasteiger partial charge in [-0.05, 0) is 55.0 Å². The molecule has 2 aromatic carbocycles. The molecule has 0 fully saturated rings. The van der Waals surface area contributed by atoms with Gasteiger partial charge in [-0.2, -0.15) is 0 Å². The van der Waals surface area contributed by atoms with Crippen molar-refractivity contribution in [3.63, 3.8) is 0 Å². The summed E-state index contributed by atoms with van der Waals surface area (Å²) in [5.74, 6) is -1.60. The van der Waals surface area contributed by atoms with Crippen LogP contribution in [-0.4, -0.2) is 29.6 Å². The molecule has 0 atom stereocenters. The number of halogens is 2. The van der Waals surface area contributed by atoms with E-state index in [1.807, 2.05) is 14.1 Å². The SMILES string of the molecule is Cc1ccc(NC(=O)c2cc3nc(N(C)C)sc3n(-c3ccc(F)cc3)c2=O)cc1F. The van der Waals surface area contributed by atoms with Gasteiger partial charge in [0.25, 0.3) is 11.5 Å². The van der Waals surface area contributed by atoms with E-state index in [-0.39, 0.29) is 11.3 Å². The van der Waals surface area contributed by atoms with Crippen molar-refractivity contribution in [2.75, 3.05) is 24.3 Å². The zero-order valence-corrected chi connectivity index (χ0v) is 17.8. The number of hydrogen-bond acceptors (Lipinski definition) is 5. The number of fused-ring (bicyclic) bond motifs is 1. The van der Waals surface area contributed by atoms with Gasteiger partial charge in [0.2, 0.25) is 0 Å². The number of nitrogens with zero attached hydrogens (tertiary/aromatic N) is 3. The lowest BCUT2D eigenvalue weighted by Crippen LogP contribution is -2.28. The third kappa shape index (κ3) is 3.91. The van der Waals surface area contributed by atoms with Crippen LogP contribution >= 0.6 is 11.3 Å². The molecule has 0 bridgehead atoms. The maximum absolute atomic E-state index is 13.9. The van der Waals surface area contributed by atoms with Crippen LogP contribution in [-0.2, 0) is 0 Å². The second-order valence-electron chi connectivity index (χ2n) is 7.17. The summed E-state index contributed by atoms with van der Waals surface area (Å²) in [5.41, 5.74) is 0.774. The van der Waals surface area contributed by atoms with Gasteiger partial charge in [-0.15, -0.1) is 0 Å². The van der Waals surface area contributed by atoms with Gasteiger partial charge in [0.05, 0.1) is 5.69 Å². The molecule has 0 radical (unpaired) electrons. The molecule has 0 saturated carbocycles. The Hall–Kier alpha value is -3.59. The van der Waals surface area contributed by atoms with E-state index in [4.69, 9.17) is 0 Å². The fourth-order valence-electron chi connectivity index (χ4n) is 3.03. The van der Waals surface area contributed by atoms with Gasteiger partial charge < -0.3 is 10.2 Å². The number of carbonyl (C=O) groups excluding carboxylic acids is 1. The molecular weight excluding hydrogens is 422 g/mol. The third-order valence-electron chi connectivity index (χ3n) is 4.68. The lowest BCUT2D eigenvalue weighted by atomic mass is 10.2. The van der Waals surface area contributed by atoms with Crippen LogP contribution in [0.1, 0.15) is 15.9 Å². The molecule has 0 saturated heterocycles. The zero-order chi connectivity index (χ0) is 22.3. The smallest absolute Gasteiger partial charge is 0.269 e. The lowest BCUT2D eigenvalue weighted by Gasteiger charge is -2.11. The average molecular weight is 440 g/mol. The highest BCUT2D eigenvalue weighted by atomic mass is 32.1. The standard InChI is InChI=1S/C22H18F2N4O2S/c1-12-4-7-14(10-17(12)24)25-19(29)16-11-18-21(31-22(26-18)27(2)3)28(20(16)30)15-8-5-13(23)6-9-15/h4-11H,1-3H3,(H,25,29). The summed E-state index contributed by atoms with van der Waals surface area (Å²) in [5, 5.41) is 3.20. The Morgan fingerprint density at radius 1 is 1.10 bits per heavy atom. The Labute approximate surface area is 180 Å². The number of benzene rings is 2. The topological polar surface area (TPSA) is 67.2 Å². The van der Waals surface area contributed by atoms with E-state index in [9.17, 15) is 18.4 Å². The quantitative estimate of drug-likeness (QED) is 0.512. The molecule has 1 amide bonds. The molecule has 31 heavy (non-hydrogen) atoms. The first-order valence-corrected chi connectivity index (χ1v) is 10.1. The van der Waals surface area contributed by atoms with E-state index in [0.717, 1.165) is 0 Å². The van der Waals surface area contributed by atoms with E-state index in [1.165, 1.54) is 58.4 Å². The number of amides is 1. The number of hydrogen-bond donors (Lipinski definition) is 1. The van der Waals surface area contributed by atoms with Crippen LogP contribution in [0.25, 0.3) is 16.0 Å².